The van der Waals surface area contributed by atoms with Crippen molar-refractivity contribution >= 4 is 22.4 Å². The van der Waals surface area contributed by atoms with Crippen LogP contribution in [0.3, 0.4) is 0 Å². The van der Waals surface area contributed by atoms with Crippen LogP contribution in [0, 0.1) is 5.82 Å². The Hall–Kier alpha value is -0.490. The Morgan fingerprint density at radius 1 is 1.44 bits per heavy atom. The van der Waals surface area contributed by atoms with Gasteiger partial charge in [0, 0.05) is 19.1 Å². The molecule has 1 unspecified atom stereocenters. The van der Waals surface area contributed by atoms with Crippen LogP contribution in [0.2, 0.25) is 5.02 Å². The fraction of sp³-hybridized carbons (Fsp3) is 0.400. The minimum Gasteiger partial charge on any atom is -0.355 e. The van der Waals surface area contributed by atoms with Crippen molar-refractivity contribution in [1.29, 1.82) is 0 Å². The minimum atomic E-state index is -1.33. The number of rotatable bonds is 5. The first-order valence-electron chi connectivity index (χ1n) is 4.47. The van der Waals surface area contributed by atoms with Gasteiger partial charge in [-0.2, -0.15) is 0 Å². The lowest BCUT2D eigenvalue weighted by Gasteiger charge is -2.12. The summed E-state index contributed by atoms with van der Waals surface area (Å²) < 4.78 is 34.5. The van der Waals surface area contributed by atoms with E-state index in [1.54, 1.807) is 0 Å². The average molecular weight is 267 g/mol. The molecule has 0 N–H and O–H groups in total. The SMILES string of the molecule is COC(CS(=O)c1ccc(F)c(Cl)c1)OC. The standard InChI is InChI=1S/C10H12ClFO3S/c1-14-10(15-2)6-16(13)7-3-4-9(12)8(11)5-7/h3-5,10H,6H2,1-2H3. The van der Waals surface area contributed by atoms with Gasteiger partial charge in [0.15, 0.2) is 6.29 Å². The van der Waals surface area contributed by atoms with Crippen molar-refractivity contribution in [2.45, 2.75) is 11.2 Å². The van der Waals surface area contributed by atoms with Crippen molar-refractivity contribution < 1.29 is 18.1 Å². The lowest BCUT2D eigenvalue weighted by molar-refractivity contribution is -0.0847. The molecule has 0 saturated carbocycles. The van der Waals surface area contributed by atoms with Crippen molar-refractivity contribution in [3.05, 3.63) is 29.0 Å². The summed E-state index contributed by atoms with van der Waals surface area (Å²) in [6.45, 7) is 0. The van der Waals surface area contributed by atoms with E-state index in [2.05, 4.69) is 0 Å². The summed E-state index contributed by atoms with van der Waals surface area (Å²) in [5.74, 6) is -0.355. The van der Waals surface area contributed by atoms with Crippen LogP contribution in [0.4, 0.5) is 4.39 Å². The molecule has 0 heterocycles. The Bertz CT molecular complexity index is 382. The predicted octanol–water partition coefficient (Wildman–Crippen LogP) is 2.21. The molecule has 0 fully saturated rings. The van der Waals surface area contributed by atoms with Gasteiger partial charge in [-0.1, -0.05) is 11.6 Å². The smallest absolute Gasteiger partial charge is 0.168 e. The number of hydrogen-bond donors (Lipinski definition) is 0. The first-order chi connectivity index (χ1) is 7.58. The second-order valence-corrected chi connectivity index (χ2v) is 4.89. The molecule has 0 aliphatic rings. The van der Waals surface area contributed by atoms with Crippen LogP contribution >= 0.6 is 11.6 Å². The summed E-state index contributed by atoms with van der Waals surface area (Å²) >= 11 is 5.59. The predicted molar refractivity (Wildman–Crippen MR) is 60.5 cm³/mol. The van der Waals surface area contributed by atoms with Gasteiger partial charge in [-0.05, 0) is 18.2 Å². The first-order valence-corrected chi connectivity index (χ1v) is 6.17. The van der Waals surface area contributed by atoms with Crippen LogP contribution in [0.5, 0.6) is 0 Å². The highest BCUT2D eigenvalue weighted by atomic mass is 35.5. The number of halogens is 2. The molecule has 1 aromatic carbocycles. The van der Waals surface area contributed by atoms with Gasteiger partial charge in [0.25, 0.3) is 0 Å². The lowest BCUT2D eigenvalue weighted by atomic mass is 10.3. The summed E-state index contributed by atoms with van der Waals surface area (Å²) in [4.78, 5) is 0.450. The van der Waals surface area contributed by atoms with Crippen LogP contribution in [0.15, 0.2) is 23.1 Å². The van der Waals surface area contributed by atoms with E-state index in [1.807, 2.05) is 0 Å². The molecule has 0 spiro atoms. The molecule has 90 valence electrons. The maximum absolute atomic E-state index is 12.9. The fourth-order valence-corrected chi connectivity index (χ4v) is 2.50. The molecular weight excluding hydrogens is 255 g/mol. The molecule has 1 atom stereocenters. The quantitative estimate of drug-likeness (QED) is 0.767. The summed E-state index contributed by atoms with van der Waals surface area (Å²) in [7, 11) is 1.59. The van der Waals surface area contributed by atoms with Gasteiger partial charge in [0.1, 0.15) is 5.82 Å². The Morgan fingerprint density at radius 3 is 2.56 bits per heavy atom. The van der Waals surface area contributed by atoms with Gasteiger partial charge in [-0.15, -0.1) is 0 Å². The van der Waals surface area contributed by atoms with Crippen molar-refractivity contribution in [3.8, 4) is 0 Å². The zero-order valence-electron chi connectivity index (χ0n) is 8.91. The lowest BCUT2D eigenvalue weighted by Crippen LogP contribution is -2.21. The third-order valence-corrected chi connectivity index (χ3v) is 3.61. The van der Waals surface area contributed by atoms with Gasteiger partial charge in [-0.3, -0.25) is 4.21 Å². The minimum absolute atomic E-state index is 0.0442. The van der Waals surface area contributed by atoms with Gasteiger partial charge in [-0.25, -0.2) is 4.39 Å². The van der Waals surface area contributed by atoms with E-state index in [9.17, 15) is 8.60 Å². The highest BCUT2D eigenvalue weighted by molar-refractivity contribution is 7.85. The third kappa shape index (κ3) is 3.52. The third-order valence-electron chi connectivity index (χ3n) is 1.97. The van der Waals surface area contributed by atoms with Crippen LogP contribution in [0.1, 0.15) is 0 Å². The van der Waals surface area contributed by atoms with Gasteiger partial charge < -0.3 is 9.47 Å². The second kappa shape index (κ2) is 6.30. The Kier molecular flexibility index (Phi) is 5.34. The zero-order valence-corrected chi connectivity index (χ0v) is 10.5. The molecule has 0 aliphatic carbocycles. The molecule has 0 bridgehead atoms. The number of ether oxygens (including phenoxy) is 2. The van der Waals surface area contributed by atoms with E-state index in [0.717, 1.165) is 0 Å². The normalized spacial score (nSPS) is 13.1. The second-order valence-electron chi connectivity index (χ2n) is 2.99. The van der Waals surface area contributed by atoms with Crippen LogP contribution < -0.4 is 0 Å². The number of methoxy groups -OCH3 is 2. The van der Waals surface area contributed by atoms with E-state index in [0.29, 0.717) is 4.90 Å². The molecule has 0 saturated heterocycles. The Labute approximate surface area is 101 Å². The number of benzene rings is 1. The highest BCUT2D eigenvalue weighted by Crippen LogP contribution is 2.19. The summed E-state index contributed by atoms with van der Waals surface area (Å²) in [6, 6.07) is 3.96. The first kappa shape index (κ1) is 13.6. The molecule has 6 heteroatoms. The molecule has 3 nitrogen and oxygen atoms in total. The molecule has 1 rings (SSSR count). The van der Waals surface area contributed by atoms with Gasteiger partial charge >= 0.3 is 0 Å². The fourth-order valence-electron chi connectivity index (χ4n) is 1.07. The molecule has 1 aromatic rings. The van der Waals surface area contributed by atoms with Crippen molar-refractivity contribution in [2.24, 2.45) is 0 Å². The maximum Gasteiger partial charge on any atom is 0.168 e. The van der Waals surface area contributed by atoms with Crippen molar-refractivity contribution in [1.82, 2.24) is 0 Å². The van der Waals surface area contributed by atoms with Crippen molar-refractivity contribution in [2.75, 3.05) is 20.0 Å². The largest absolute Gasteiger partial charge is 0.355 e. The maximum atomic E-state index is 12.9. The monoisotopic (exact) mass is 266 g/mol. The number of hydrogen-bond acceptors (Lipinski definition) is 3. The summed E-state index contributed by atoms with van der Waals surface area (Å²) in [5.41, 5.74) is 0. The Morgan fingerprint density at radius 2 is 2.06 bits per heavy atom. The molecule has 0 aliphatic heterocycles. The molecule has 0 amide bonds. The van der Waals surface area contributed by atoms with Crippen LogP contribution in [0.25, 0.3) is 0 Å². The molecule has 16 heavy (non-hydrogen) atoms. The summed E-state index contributed by atoms with van der Waals surface area (Å²) in [5, 5.41) is -0.0442. The van der Waals surface area contributed by atoms with E-state index in [1.165, 1.54) is 32.4 Å². The van der Waals surface area contributed by atoms with E-state index >= 15 is 0 Å². The van der Waals surface area contributed by atoms with E-state index in [4.69, 9.17) is 21.1 Å². The van der Waals surface area contributed by atoms with E-state index < -0.39 is 22.9 Å². The van der Waals surface area contributed by atoms with Crippen LogP contribution in [-0.4, -0.2) is 30.5 Å². The Balaban J connectivity index is 2.76. The molecule has 0 aromatic heterocycles. The van der Waals surface area contributed by atoms with Gasteiger partial charge in [0.2, 0.25) is 0 Å². The average Bonchev–Trinajstić information content (AvgIpc) is 2.29. The van der Waals surface area contributed by atoms with E-state index in [-0.39, 0.29) is 10.8 Å². The zero-order chi connectivity index (χ0) is 12.1. The topological polar surface area (TPSA) is 35.5 Å². The highest BCUT2D eigenvalue weighted by Gasteiger charge is 2.13. The van der Waals surface area contributed by atoms with Crippen molar-refractivity contribution in [3.63, 3.8) is 0 Å². The molecule has 0 radical (unpaired) electrons. The summed E-state index contributed by atoms with van der Waals surface area (Å²) in [6.07, 6.45) is -0.551. The van der Waals surface area contributed by atoms with Crippen LogP contribution in [-0.2, 0) is 20.3 Å². The van der Waals surface area contributed by atoms with Gasteiger partial charge in [0.05, 0.1) is 21.6 Å². The molecular formula is C10H12ClFO3S.